The molecule has 0 spiro atoms. The number of carbonyl (C=O) groups excluding carboxylic acids is 1. The Hall–Kier alpha value is -5.72. The van der Waals surface area contributed by atoms with E-state index in [9.17, 15) is 31.1 Å². The van der Waals surface area contributed by atoms with Crippen molar-refractivity contribution < 1.29 is 31.1 Å². The molecule has 2 atom stereocenters. The van der Waals surface area contributed by atoms with Crippen molar-refractivity contribution in [3.8, 4) is 22.3 Å². The van der Waals surface area contributed by atoms with Gasteiger partial charge in [0.25, 0.3) is 0 Å². The number of alkyl halides is 6. The van der Waals surface area contributed by atoms with Gasteiger partial charge in [0, 0.05) is 38.4 Å². The van der Waals surface area contributed by atoms with Crippen LogP contribution in [0.25, 0.3) is 22.3 Å². The lowest BCUT2D eigenvalue weighted by atomic mass is 10.00. The standard InChI is InChI=1S/C23H19F3N4O.C17H15F3N2/c24-23(25,26)17-5-3-4-15(12-17)16-7-8-19-20(13-16)30(18-9-11-29(19)14-18)22(31)28-21-6-1-2-10-27-21;18-17(19,20)13-3-1-2-11(8-13)12-4-5-16-15(9-12)21-14-6-7-22(16)10-14/h1-8,10,12-13,18H,9,11,14H2,(H,27,28,31);1-5,8-9,14,21H,6-7,10H2/t18-;14-/m00/s1. The second-order valence-electron chi connectivity index (χ2n) is 13.6. The third kappa shape index (κ3) is 6.95. The third-order valence-electron chi connectivity index (χ3n) is 10.2. The summed E-state index contributed by atoms with van der Waals surface area (Å²) in [5, 5.41) is 6.31. The monoisotopic (exact) mass is 728 g/mol. The van der Waals surface area contributed by atoms with Gasteiger partial charge in [-0.05, 0) is 95.8 Å². The van der Waals surface area contributed by atoms with Crippen LogP contribution in [0.5, 0.6) is 0 Å². The number of nitrogens with one attached hydrogen (secondary N) is 2. The molecular weight excluding hydrogens is 694 g/mol. The number of nitrogens with zero attached hydrogens (tertiary/aromatic N) is 4. The van der Waals surface area contributed by atoms with E-state index in [-0.39, 0.29) is 12.1 Å². The van der Waals surface area contributed by atoms with Crippen molar-refractivity contribution in [2.45, 2.75) is 37.3 Å². The van der Waals surface area contributed by atoms with Gasteiger partial charge >= 0.3 is 18.4 Å². The highest BCUT2D eigenvalue weighted by Gasteiger charge is 2.40. The molecule has 9 rings (SSSR count). The maximum Gasteiger partial charge on any atom is 0.416 e. The highest BCUT2D eigenvalue weighted by atomic mass is 19.4. The van der Waals surface area contributed by atoms with Crippen LogP contribution in [-0.2, 0) is 12.4 Å². The van der Waals surface area contributed by atoms with E-state index in [1.165, 1.54) is 18.2 Å². The van der Waals surface area contributed by atoms with Crippen molar-refractivity contribution in [1.29, 1.82) is 0 Å². The van der Waals surface area contributed by atoms with Crippen LogP contribution in [0.3, 0.4) is 0 Å². The predicted molar refractivity (Wildman–Crippen MR) is 194 cm³/mol. The molecule has 0 saturated carbocycles. The molecule has 5 aromatic rings. The number of fused-ring (bicyclic) bond motifs is 8. The minimum Gasteiger partial charge on any atom is -0.379 e. The fourth-order valence-corrected chi connectivity index (χ4v) is 7.59. The molecule has 1 aromatic heterocycles. The Bertz CT molecular complexity index is 2160. The Morgan fingerprint density at radius 2 is 1.28 bits per heavy atom. The predicted octanol–water partition coefficient (Wildman–Crippen LogP) is 9.77. The van der Waals surface area contributed by atoms with Gasteiger partial charge in [0.05, 0.1) is 39.9 Å². The minimum atomic E-state index is -4.41. The van der Waals surface area contributed by atoms with Crippen LogP contribution < -0.4 is 25.3 Å². The molecule has 0 radical (unpaired) electrons. The van der Waals surface area contributed by atoms with Crippen LogP contribution in [-0.4, -0.2) is 49.3 Å². The number of carbonyl (C=O) groups is 1. The average molecular weight is 729 g/mol. The summed E-state index contributed by atoms with van der Waals surface area (Å²) < 4.78 is 78.1. The second-order valence-corrected chi connectivity index (χ2v) is 13.6. The largest absolute Gasteiger partial charge is 0.416 e. The number of anilines is 5. The first-order valence-corrected chi connectivity index (χ1v) is 17.3. The smallest absolute Gasteiger partial charge is 0.379 e. The van der Waals surface area contributed by atoms with Crippen molar-refractivity contribution >= 4 is 34.6 Å². The molecule has 7 nitrogen and oxygen atoms in total. The molecule has 2 saturated heterocycles. The summed E-state index contributed by atoms with van der Waals surface area (Å²) in [4.78, 5) is 23.6. The van der Waals surface area contributed by atoms with Gasteiger partial charge in [0.15, 0.2) is 0 Å². The Morgan fingerprint density at radius 1 is 0.660 bits per heavy atom. The van der Waals surface area contributed by atoms with Crippen molar-refractivity contribution in [2.75, 3.05) is 51.5 Å². The number of benzene rings is 4. The number of halogens is 6. The van der Waals surface area contributed by atoms with Crippen molar-refractivity contribution in [1.82, 2.24) is 4.98 Å². The van der Waals surface area contributed by atoms with E-state index >= 15 is 0 Å². The molecule has 2 N–H and O–H groups in total. The molecule has 4 aliphatic rings. The lowest BCUT2D eigenvalue weighted by Crippen LogP contribution is -2.47. The molecule has 2 amide bonds. The Balaban J connectivity index is 0.000000160. The number of hydrogen-bond acceptors (Lipinski definition) is 5. The van der Waals surface area contributed by atoms with Crippen LogP contribution >= 0.6 is 0 Å². The van der Waals surface area contributed by atoms with Gasteiger partial charge in [-0.1, -0.05) is 42.5 Å². The molecular formula is C40H34F6N6O. The summed E-state index contributed by atoms with van der Waals surface area (Å²) >= 11 is 0. The van der Waals surface area contributed by atoms with Crippen molar-refractivity contribution in [3.63, 3.8) is 0 Å². The summed E-state index contributed by atoms with van der Waals surface area (Å²) in [5.41, 5.74) is 4.92. The van der Waals surface area contributed by atoms with E-state index in [1.807, 2.05) is 30.3 Å². The van der Waals surface area contributed by atoms with Gasteiger partial charge in [-0.25, -0.2) is 9.78 Å². The fraction of sp³-hybridized carbons (Fsp3) is 0.250. The molecule has 53 heavy (non-hydrogen) atoms. The number of rotatable bonds is 3. The first-order chi connectivity index (χ1) is 25.4. The number of aromatic nitrogens is 1. The van der Waals surface area contributed by atoms with Crippen LogP contribution in [0, 0.1) is 0 Å². The molecule has 272 valence electrons. The van der Waals surface area contributed by atoms with Gasteiger partial charge in [0.2, 0.25) is 0 Å². The minimum absolute atomic E-state index is 0.00651. The zero-order valence-corrected chi connectivity index (χ0v) is 28.3. The van der Waals surface area contributed by atoms with Gasteiger partial charge in [0.1, 0.15) is 5.82 Å². The maximum absolute atomic E-state index is 13.2. The van der Waals surface area contributed by atoms with Crippen LogP contribution in [0.15, 0.2) is 109 Å². The number of amides is 2. The zero-order chi connectivity index (χ0) is 36.9. The third-order valence-corrected chi connectivity index (χ3v) is 10.2. The molecule has 4 bridgehead atoms. The lowest BCUT2D eigenvalue weighted by Gasteiger charge is -2.37. The van der Waals surface area contributed by atoms with Crippen LogP contribution in [0.2, 0.25) is 0 Å². The summed E-state index contributed by atoms with van der Waals surface area (Å²) in [5.74, 6) is 0.448. The highest BCUT2D eigenvalue weighted by Crippen LogP contribution is 2.44. The molecule has 4 aromatic carbocycles. The zero-order valence-electron chi connectivity index (χ0n) is 28.3. The SMILES string of the molecule is FC(F)(F)c1cccc(-c2ccc3c(c2)N[C@H]2CCN3C2)c1.O=C(Nc1ccccn1)N1c2cc(-c3cccc(C(F)(F)F)c3)ccc2N2CC[C@H]1C2. The first kappa shape index (κ1) is 34.4. The Labute approximate surface area is 301 Å². The van der Waals surface area contributed by atoms with Gasteiger partial charge in [-0.3, -0.25) is 10.2 Å². The van der Waals surface area contributed by atoms with Gasteiger partial charge in [-0.15, -0.1) is 0 Å². The van der Waals surface area contributed by atoms with Crippen molar-refractivity contribution in [2.24, 2.45) is 0 Å². The molecule has 13 heteroatoms. The van der Waals surface area contributed by atoms with Crippen LogP contribution in [0.4, 0.5) is 59.7 Å². The van der Waals surface area contributed by atoms with E-state index in [4.69, 9.17) is 0 Å². The van der Waals surface area contributed by atoms with Crippen molar-refractivity contribution in [3.05, 3.63) is 120 Å². The first-order valence-electron chi connectivity index (χ1n) is 17.3. The van der Waals surface area contributed by atoms with E-state index in [0.29, 0.717) is 34.2 Å². The normalized spacial score (nSPS) is 18.4. The second kappa shape index (κ2) is 13.4. The average Bonchev–Trinajstić information content (AvgIpc) is 3.75. The van der Waals surface area contributed by atoms with E-state index < -0.39 is 23.5 Å². The molecule has 5 heterocycles. The summed E-state index contributed by atoms with van der Waals surface area (Å²) in [6.07, 6.45) is -5.20. The van der Waals surface area contributed by atoms with Gasteiger partial charge in [-0.2, -0.15) is 26.3 Å². The Kier molecular flexibility index (Phi) is 8.66. The van der Waals surface area contributed by atoms with E-state index in [2.05, 4.69) is 25.4 Å². The topological polar surface area (TPSA) is 63.7 Å². The van der Waals surface area contributed by atoms with Crippen LogP contribution in [0.1, 0.15) is 24.0 Å². The number of urea groups is 1. The lowest BCUT2D eigenvalue weighted by molar-refractivity contribution is -0.138. The molecule has 0 aliphatic carbocycles. The molecule has 2 fully saturated rings. The summed E-state index contributed by atoms with van der Waals surface area (Å²) in [6, 6.07) is 27.5. The fourth-order valence-electron chi connectivity index (χ4n) is 7.59. The van der Waals surface area contributed by atoms with E-state index in [1.54, 1.807) is 47.5 Å². The molecule has 0 unspecified atom stereocenters. The number of hydrogen-bond donors (Lipinski definition) is 2. The molecule has 4 aliphatic heterocycles. The maximum atomic E-state index is 13.2. The quantitative estimate of drug-likeness (QED) is 0.181. The van der Waals surface area contributed by atoms with E-state index in [0.717, 1.165) is 79.8 Å². The summed E-state index contributed by atoms with van der Waals surface area (Å²) in [6.45, 7) is 3.60. The number of pyridine rings is 1. The highest BCUT2D eigenvalue weighted by molar-refractivity contribution is 6.05. The Morgan fingerprint density at radius 3 is 1.94 bits per heavy atom. The van der Waals surface area contributed by atoms with Gasteiger partial charge < -0.3 is 15.1 Å². The summed E-state index contributed by atoms with van der Waals surface area (Å²) in [7, 11) is 0.